The van der Waals surface area contributed by atoms with Crippen LogP contribution in [0.2, 0.25) is 0 Å². The molecule has 158 valence electrons. The first-order valence-electron chi connectivity index (χ1n) is 9.69. The number of carbonyl (C=O) groups is 3. The number of hydrogen-bond donors (Lipinski definition) is 3. The largest absolute Gasteiger partial charge is 0.381 e. The smallest absolute Gasteiger partial charge is 0.313 e. The molecule has 30 heavy (non-hydrogen) atoms. The molecule has 7 nitrogen and oxygen atoms in total. The van der Waals surface area contributed by atoms with Crippen molar-refractivity contribution in [1.82, 2.24) is 5.32 Å². The molecule has 0 unspecified atom stereocenters. The van der Waals surface area contributed by atoms with Crippen LogP contribution in [0, 0.1) is 5.82 Å². The predicted molar refractivity (Wildman–Crippen MR) is 111 cm³/mol. The van der Waals surface area contributed by atoms with Gasteiger partial charge in [-0.1, -0.05) is 18.2 Å². The van der Waals surface area contributed by atoms with Crippen molar-refractivity contribution in [2.75, 3.05) is 30.4 Å². The molecule has 1 aliphatic rings. The Morgan fingerprint density at radius 3 is 2.23 bits per heavy atom. The minimum Gasteiger partial charge on any atom is -0.381 e. The van der Waals surface area contributed by atoms with Gasteiger partial charge in [-0.05, 0) is 48.7 Å². The van der Waals surface area contributed by atoms with E-state index < -0.39 is 17.2 Å². The summed E-state index contributed by atoms with van der Waals surface area (Å²) in [5.41, 5.74) is 1.38. The standard InChI is InChI=1S/C22H24FN3O4/c1-15(27)25-18-3-2-4-19(13-18)26-21(29)20(28)24-14-22(9-11-30-12-10-22)16-5-7-17(23)8-6-16/h2-8,13H,9-12,14H2,1H3,(H,24,28)(H,25,27)(H,26,29). The zero-order chi connectivity index (χ0) is 21.6. The van der Waals surface area contributed by atoms with E-state index >= 15 is 0 Å². The van der Waals surface area contributed by atoms with Gasteiger partial charge >= 0.3 is 11.8 Å². The number of halogens is 1. The summed E-state index contributed by atoms with van der Waals surface area (Å²) in [4.78, 5) is 35.9. The van der Waals surface area contributed by atoms with Gasteiger partial charge in [0.05, 0.1) is 0 Å². The van der Waals surface area contributed by atoms with Crippen molar-refractivity contribution in [3.05, 3.63) is 59.9 Å². The maximum absolute atomic E-state index is 13.3. The first-order chi connectivity index (χ1) is 14.4. The van der Waals surface area contributed by atoms with Crippen molar-refractivity contribution < 1.29 is 23.5 Å². The average molecular weight is 413 g/mol. The van der Waals surface area contributed by atoms with Crippen molar-refractivity contribution in [2.45, 2.75) is 25.2 Å². The van der Waals surface area contributed by atoms with Crippen LogP contribution in [0.15, 0.2) is 48.5 Å². The van der Waals surface area contributed by atoms with E-state index in [9.17, 15) is 18.8 Å². The lowest BCUT2D eigenvalue weighted by Crippen LogP contribution is -2.47. The van der Waals surface area contributed by atoms with Crippen molar-refractivity contribution in [3.8, 4) is 0 Å². The number of amides is 3. The molecule has 0 aliphatic carbocycles. The summed E-state index contributed by atoms with van der Waals surface area (Å²) in [6, 6.07) is 12.7. The normalized spacial score (nSPS) is 15.1. The fourth-order valence-corrected chi connectivity index (χ4v) is 3.53. The molecule has 3 amide bonds. The van der Waals surface area contributed by atoms with E-state index in [0.717, 1.165) is 5.56 Å². The Morgan fingerprint density at radius 2 is 1.60 bits per heavy atom. The molecule has 1 fully saturated rings. The second kappa shape index (κ2) is 9.49. The van der Waals surface area contributed by atoms with Gasteiger partial charge in [0.25, 0.3) is 0 Å². The van der Waals surface area contributed by atoms with Gasteiger partial charge in [0.2, 0.25) is 5.91 Å². The lowest BCUT2D eigenvalue weighted by Gasteiger charge is -2.37. The Hall–Kier alpha value is -3.26. The Balaban J connectivity index is 1.64. The van der Waals surface area contributed by atoms with Gasteiger partial charge in [0, 0.05) is 43.5 Å². The Morgan fingerprint density at radius 1 is 0.967 bits per heavy atom. The Labute approximate surface area is 174 Å². The highest BCUT2D eigenvalue weighted by Gasteiger charge is 2.35. The van der Waals surface area contributed by atoms with Crippen LogP contribution in [-0.2, 0) is 24.5 Å². The van der Waals surface area contributed by atoms with Gasteiger partial charge in [-0.3, -0.25) is 14.4 Å². The Bertz CT molecular complexity index is 924. The topological polar surface area (TPSA) is 96.5 Å². The first kappa shape index (κ1) is 21.4. The fourth-order valence-electron chi connectivity index (χ4n) is 3.53. The first-order valence-corrected chi connectivity index (χ1v) is 9.69. The summed E-state index contributed by atoms with van der Waals surface area (Å²) in [6.07, 6.45) is 1.30. The van der Waals surface area contributed by atoms with E-state index in [0.29, 0.717) is 37.4 Å². The van der Waals surface area contributed by atoms with E-state index in [1.807, 2.05) is 0 Å². The molecule has 1 saturated heterocycles. The maximum Gasteiger partial charge on any atom is 0.313 e. The molecule has 8 heteroatoms. The third-order valence-electron chi connectivity index (χ3n) is 5.14. The van der Waals surface area contributed by atoms with Crippen molar-refractivity contribution in [2.24, 2.45) is 0 Å². The average Bonchev–Trinajstić information content (AvgIpc) is 2.73. The minimum absolute atomic E-state index is 0.236. The van der Waals surface area contributed by atoms with Crippen LogP contribution in [0.3, 0.4) is 0 Å². The highest BCUT2D eigenvalue weighted by molar-refractivity contribution is 6.39. The zero-order valence-electron chi connectivity index (χ0n) is 16.7. The number of anilines is 2. The molecule has 0 aromatic heterocycles. The molecule has 2 aromatic rings. The molecule has 0 bridgehead atoms. The van der Waals surface area contributed by atoms with Crippen LogP contribution >= 0.6 is 0 Å². The van der Waals surface area contributed by atoms with Gasteiger partial charge in [0.15, 0.2) is 0 Å². The molecule has 3 N–H and O–H groups in total. The highest BCUT2D eigenvalue weighted by Crippen LogP contribution is 2.34. The quantitative estimate of drug-likeness (QED) is 0.657. The molecular formula is C22H24FN3O4. The van der Waals surface area contributed by atoms with Gasteiger partial charge in [-0.25, -0.2) is 4.39 Å². The third kappa shape index (κ3) is 5.42. The summed E-state index contributed by atoms with van der Waals surface area (Å²) in [6.45, 7) is 2.66. The summed E-state index contributed by atoms with van der Waals surface area (Å²) in [5.74, 6) is -2.14. The highest BCUT2D eigenvalue weighted by atomic mass is 19.1. The van der Waals surface area contributed by atoms with E-state index in [1.54, 1.807) is 36.4 Å². The second-order valence-electron chi connectivity index (χ2n) is 7.30. The predicted octanol–water partition coefficient (Wildman–Crippen LogP) is 2.59. The lowest BCUT2D eigenvalue weighted by molar-refractivity contribution is -0.136. The van der Waals surface area contributed by atoms with Gasteiger partial charge in [-0.2, -0.15) is 0 Å². The van der Waals surface area contributed by atoms with Gasteiger partial charge < -0.3 is 20.7 Å². The molecule has 1 heterocycles. The second-order valence-corrected chi connectivity index (χ2v) is 7.30. The number of rotatable bonds is 5. The van der Waals surface area contributed by atoms with Crippen molar-refractivity contribution in [3.63, 3.8) is 0 Å². The van der Waals surface area contributed by atoms with Crippen LogP contribution in [0.5, 0.6) is 0 Å². The van der Waals surface area contributed by atoms with Crippen molar-refractivity contribution in [1.29, 1.82) is 0 Å². The molecule has 0 spiro atoms. The van der Waals surface area contributed by atoms with E-state index in [1.165, 1.54) is 19.1 Å². The zero-order valence-corrected chi connectivity index (χ0v) is 16.7. The summed E-state index contributed by atoms with van der Waals surface area (Å²) >= 11 is 0. The monoisotopic (exact) mass is 413 g/mol. The number of ether oxygens (including phenoxy) is 1. The summed E-state index contributed by atoms with van der Waals surface area (Å²) < 4.78 is 18.8. The molecule has 2 aromatic carbocycles. The summed E-state index contributed by atoms with van der Waals surface area (Å²) in [5, 5.41) is 7.84. The van der Waals surface area contributed by atoms with E-state index in [2.05, 4.69) is 16.0 Å². The number of nitrogens with one attached hydrogen (secondary N) is 3. The molecule has 0 radical (unpaired) electrons. The Kier molecular flexibility index (Phi) is 6.79. The maximum atomic E-state index is 13.3. The lowest BCUT2D eigenvalue weighted by atomic mass is 9.74. The fraction of sp³-hybridized carbons (Fsp3) is 0.318. The molecule has 3 rings (SSSR count). The van der Waals surface area contributed by atoms with Crippen LogP contribution in [0.1, 0.15) is 25.3 Å². The number of hydrogen-bond acceptors (Lipinski definition) is 4. The molecule has 1 aliphatic heterocycles. The number of carbonyl (C=O) groups excluding carboxylic acids is 3. The van der Waals surface area contributed by atoms with Crippen LogP contribution in [0.4, 0.5) is 15.8 Å². The van der Waals surface area contributed by atoms with E-state index in [-0.39, 0.29) is 18.3 Å². The van der Waals surface area contributed by atoms with Crippen LogP contribution in [0.25, 0.3) is 0 Å². The van der Waals surface area contributed by atoms with E-state index in [4.69, 9.17) is 4.74 Å². The summed E-state index contributed by atoms with van der Waals surface area (Å²) in [7, 11) is 0. The minimum atomic E-state index is -0.809. The van der Waals surface area contributed by atoms with Crippen molar-refractivity contribution >= 4 is 29.1 Å². The SMILES string of the molecule is CC(=O)Nc1cccc(NC(=O)C(=O)NCC2(c3ccc(F)cc3)CCOCC2)c1. The van der Waals surface area contributed by atoms with Crippen LogP contribution in [-0.4, -0.2) is 37.5 Å². The third-order valence-corrected chi connectivity index (χ3v) is 5.14. The molecule has 0 saturated carbocycles. The number of benzene rings is 2. The van der Waals surface area contributed by atoms with Crippen LogP contribution < -0.4 is 16.0 Å². The van der Waals surface area contributed by atoms with Gasteiger partial charge in [0.1, 0.15) is 5.82 Å². The molecule has 0 atom stereocenters. The van der Waals surface area contributed by atoms with Gasteiger partial charge in [-0.15, -0.1) is 0 Å². The molecular weight excluding hydrogens is 389 g/mol.